The van der Waals surface area contributed by atoms with E-state index in [4.69, 9.17) is 0 Å². The summed E-state index contributed by atoms with van der Waals surface area (Å²) in [7, 11) is 0. The lowest BCUT2D eigenvalue weighted by molar-refractivity contribution is -0.895. The second-order valence-electron chi connectivity index (χ2n) is 9.07. The third kappa shape index (κ3) is 6.70. The quantitative estimate of drug-likeness (QED) is 0.566. The number of piperidine rings is 1. The largest absolute Gasteiger partial charge is 0.371 e. The summed E-state index contributed by atoms with van der Waals surface area (Å²) in [5.74, 6) is 0.160. The highest BCUT2D eigenvalue weighted by Crippen LogP contribution is 2.29. The van der Waals surface area contributed by atoms with Gasteiger partial charge >= 0.3 is 0 Å². The maximum atomic E-state index is 13.1. The average molecular weight is 430 g/mol. The van der Waals surface area contributed by atoms with E-state index < -0.39 is 0 Å². The first-order valence-corrected chi connectivity index (χ1v) is 12.4. The topological polar surface area (TPSA) is 65.9 Å². The molecule has 1 heterocycles. The van der Waals surface area contributed by atoms with Crippen molar-refractivity contribution in [3.05, 3.63) is 23.8 Å². The van der Waals surface area contributed by atoms with Gasteiger partial charge in [0.1, 0.15) is 0 Å². The van der Waals surface area contributed by atoms with Crippen LogP contribution in [0.1, 0.15) is 75.6 Å². The molecule has 2 fully saturated rings. The Bertz CT molecular complexity index is 720. The minimum Gasteiger partial charge on any atom is -0.371 e. The SMILES string of the molecule is CC[NH+](CC)CCNC(=O)c1cc(NC(=O)C2CCCCC2)ccc1N1CCCCC1. The van der Waals surface area contributed by atoms with Crippen molar-refractivity contribution in [2.75, 3.05) is 49.5 Å². The van der Waals surface area contributed by atoms with Gasteiger partial charge in [-0.3, -0.25) is 9.59 Å². The number of anilines is 2. The van der Waals surface area contributed by atoms with Gasteiger partial charge in [0.25, 0.3) is 5.91 Å². The number of benzene rings is 1. The smallest absolute Gasteiger partial charge is 0.253 e. The molecule has 1 saturated carbocycles. The monoisotopic (exact) mass is 429 g/mol. The lowest BCUT2D eigenvalue weighted by Crippen LogP contribution is -3.12. The van der Waals surface area contributed by atoms with Gasteiger partial charge in [0.15, 0.2) is 0 Å². The lowest BCUT2D eigenvalue weighted by atomic mass is 9.88. The molecule has 1 aliphatic heterocycles. The molecule has 1 saturated heterocycles. The van der Waals surface area contributed by atoms with E-state index >= 15 is 0 Å². The van der Waals surface area contributed by atoms with Crippen LogP contribution < -0.4 is 20.4 Å². The normalized spacial score (nSPS) is 17.6. The third-order valence-corrected chi connectivity index (χ3v) is 6.95. The van der Waals surface area contributed by atoms with Gasteiger partial charge in [0, 0.05) is 30.4 Å². The summed E-state index contributed by atoms with van der Waals surface area (Å²) in [4.78, 5) is 29.7. The second-order valence-corrected chi connectivity index (χ2v) is 9.07. The van der Waals surface area contributed by atoms with Crippen LogP contribution >= 0.6 is 0 Å². The molecule has 0 spiro atoms. The number of quaternary nitrogens is 1. The second kappa shape index (κ2) is 12.1. The molecule has 1 aromatic carbocycles. The number of hydrogen-bond donors (Lipinski definition) is 3. The molecule has 0 aromatic heterocycles. The molecule has 2 amide bonds. The molecule has 31 heavy (non-hydrogen) atoms. The van der Waals surface area contributed by atoms with Gasteiger partial charge < -0.3 is 20.4 Å². The fourth-order valence-corrected chi connectivity index (χ4v) is 4.87. The van der Waals surface area contributed by atoms with Crippen LogP contribution in [0.5, 0.6) is 0 Å². The predicted molar refractivity (Wildman–Crippen MR) is 127 cm³/mol. The maximum Gasteiger partial charge on any atom is 0.253 e. The van der Waals surface area contributed by atoms with Gasteiger partial charge in [0.2, 0.25) is 5.91 Å². The lowest BCUT2D eigenvalue weighted by Gasteiger charge is -2.30. The minimum absolute atomic E-state index is 0.0408. The summed E-state index contributed by atoms with van der Waals surface area (Å²) in [6.07, 6.45) is 9.01. The van der Waals surface area contributed by atoms with Gasteiger partial charge in [-0.25, -0.2) is 0 Å². The predicted octanol–water partition coefficient (Wildman–Crippen LogP) is 2.85. The summed E-state index contributed by atoms with van der Waals surface area (Å²) in [6.45, 7) is 10.0. The summed E-state index contributed by atoms with van der Waals surface area (Å²) >= 11 is 0. The fraction of sp³-hybridized carbons (Fsp3) is 0.680. The van der Waals surface area contributed by atoms with Crippen LogP contribution in [-0.4, -0.2) is 51.1 Å². The number of likely N-dealkylation sites (N-methyl/N-ethyl adjacent to an activating group) is 1. The summed E-state index contributed by atoms with van der Waals surface area (Å²) in [5, 5.41) is 6.21. The van der Waals surface area contributed by atoms with Crippen LogP contribution in [0.25, 0.3) is 0 Å². The number of nitrogens with one attached hydrogen (secondary N) is 3. The molecule has 0 atom stereocenters. The van der Waals surface area contributed by atoms with E-state index in [1.807, 2.05) is 18.2 Å². The van der Waals surface area contributed by atoms with Gasteiger partial charge in [-0.1, -0.05) is 19.3 Å². The molecule has 0 radical (unpaired) electrons. The third-order valence-electron chi connectivity index (χ3n) is 6.95. The Balaban J connectivity index is 1.73. The highest BCUT2D eigenvalue weighted by Gasteiger charge is 2.23. The summed E-state index contributed by atoms with van der Waals surface area (Å²) in [6, 6.07) is 5.86. The molecule has 6 heteroatoms. The van der Waals surface area contributed by atoms with Crippen molar-refractivity contribution in [3.8, 4) is 0 Å². The molecule has 1 aliphatic carbocycles. The van der Waals surface area contributed by atoms with E-state index in [1.54, 1.807) is 0 Å². The molecular formula is C25H41N4O2+. The summed E-state index contributed by atoms with van der Waals surface area (Å²) in [5.41, 5.74) is 2.40. The van der Waals surface area contributed by atoms with Gasteiger partial charge in [0.05, 0.1) is 31.7 Å². The molecule has 0 unspecified atom stereocenters. The Labute approximate surface area is 187 Å². The number of nitrogens with zero attached hydrogens (tertiary/aromatic N) is 1. The van der Waals surface area contributed by atoms with Crippen molar-refractivity contribution in [1.29, 1.82) is 0 Å². The number of carbonyl (C=O) groups excluding carboxylic acids is 2. The van der Waals surface area contributed by atoms with E-state index in [0.29, 0.717) is 12.1 Å². The Kier molecular flexibility index (Phi) is 9.19. The van der Waals surface area contributed by atoms with Gasteiger partial charge in [-0.2, -0.15) is 0 Å². The van der Waals surface area contributed by atoms with E-state index in [9.17, 15) is 9.59 Å². The van der Waals surface area contributed by atoms with Crippen molar-refractivity contribution >= 4 is 23.2 Å². The molecule has 3 rings (SSSR count). The molecule has 6 nitrogen and oxygen atoms in total. The first-order chi connectivity index (χ1) is 15.1. The molecule has 2 aliphatic rings. The van der Waals surface area contributed by atoms with Crippen LogP contribution in [0.2, 0.25) is 0 Å². The minimum atomic E-state index is -0.0408. The Hall–Kier alpha value is -2.08. The number of amides is 2. The van der Waals surface area contributed by atoms with E-state index in [1.165, 1.54) is 17.7 Å². The van der Waals surface area contributed by atoms with Crippen LogP contribution in [0, 0.1) is 5.92 Å². The van der Waals surface area contributed by atoms with E-state index in [0.717, 1.165) is 82.6 Å². The molecule has 1 aromatic rings. The standard InChI is InChI=1S/C25H40N4O2/c1-3-28(4-2)18-15-26-25(31)22-19-21(27-24(30)20-11-7-5-8-12-20)13-14-23(22)29-16-9-6-10-17-29/h13-14,19-20H,3-12,15-18H2,1-2H3,(H,26,31)(H,27,30)/p+1. The van der Waals surface area contributed by atoms with Gasteiger partial charge in [-0.05, 0) is 64.2 Å². The molecule has 172 valence electrons. The Morgan fingerprint density at radius 2 is 1.68 bits per heavy atom. The zero-order valence-electron chi connectivity index (χ0n) is 19.5. The van der Waals surface area contributed by atoms with Gasteiger partial charge in [-0.15, -0.1) is 0 Å². The van der Waals surface area contributed by atoms with Crippen molar-refractivity contribution in [1.82, 2.24) is 5.32 Å². The first kappa shape index (κ1) is 23.6. The first-order valence-electron chi connectivity index (χ1n) is 12.4. The zero-order chi connectivity index (χ0) is 22.1. The highest BCUT2D eigenvalue weighted by molar-refractivity contribution is 6.02. The van der Waals surface area contributed by atoms with Crippen molar-refractivity contribution in [3.63, 3.8) is 0 Å². The Morgan fingerprint density at radius 1 is 1.00 bits per heavy atom. The van der Waals surface area contributed by atoms with Crippen molar-refractivity contribution in [2.24, 2.45) is 5.92 Å². The van der Waals surface area contributed by atoms with E-state index in [-0.39, 0.29) is 17.7 Å². The average Bonchev–Trinajstić information content (AvgIpc) is 2.83. The van der Waals surface area contributed by atoms with Crippen molar-refractivity contribution in [2.45, 2.75) is 65.2 Å². The maximum absolute atomic E-state index is 13.1. The number of hydrogen-bond acceptors (Lipinski definition) is 3. The van der Waals surface area contributed by atoms with Crippen LogP contribution in [-0.2, 0) is 4.79 Å². The van der Waals surface area contributed by atoms with Crippen molar-refractivity contribution < 1.29 is 14.5 Å². The summed E-state index contributed by atoms with van der Waals surface area (Å²) < 4.78 is 0. The van der Waals surface area contributed by atoms with Crippen LogP contribution in [0.4, 0.5) is 11.4 Å². The van der Waals surface area contributed by atoms with E-state index in [2.05, 4.69) is 29.4 Å². The Morgan fingerprint density at radius 3 is 2.35 bits per heavy atom. The van der Waals surface area contributed by atoms with Crippen LogP contribution in [0.3, 0.4) is 0 Å². The van der Waals surface area contributed by atoms with Crippen LogP contribution in [0.15, 0.2) is 18.2 Å². The molecular weight excluding hydrogens is 388 g/mol. The molecule has 3 N–H and O–H groups in total. The number of carbonyl (C=O) groups is 2. The number of rotatable bonds is 9. The fourth-order valence-electron chi connectivity index (χ4n) is 4.87. The molecule has 0 bridgehead atoms. The highest BCUT2D eigenvalue weighted by atomic mass is 16.2. The zero-order valence-corrected chi connectivity index (χ0v) is 19.5.